The topological polar surface area (TPSA) is 84.1 Å². The number of urea groups is 1. The van der Waals surface area contributed by atoms with E-state index in [2.05, 4.69) is 15.3 Å². The number of hydrogen-bond acceptors (Lipinski definition) is 4. The zero-order valence-corrected chi connectivity index (χ0v) is 11.6. The van der Waals surface area contributed by atoms with Crippen molar-refractivity contribution in [3.8, 4) is 0 Å². The third-order valence-electron chi connectivity index (χ3n) is 4.17. The Morgan fingerprint density at radius 2 is 2.15 bits per heavy atom. The molecule has 0 aromatic carbocycles. The Labute approximate surface area is 118 Å². The highest BCUT2D eigenvalue weighted by molar-refractivity contribution is 5.74. The molecule has 2 amide bonds. The van der Waals surface area contributed by atoms with Crippen LogP contribution in [0.25, 0.3) is 0 Å². The SMILES string of the molecule is Nc1ncc2c(n1)CCN(C(=O)NC1CCCCC1)C2. The van der Waals surface area contributed by atoms with E-state index in [4.69, 9.17) is 5.73 Å². The molecule has 1 aromatic heterocycles. The van der Waals surface area contributed by atoms with Gasteiger partial charge >= 0.3 is 6.03 Å². The predicted molar refractivity (Wildman–Crippen MR) is 76.0 cm³/mol. The molecule has 3 N–H and O–H groups in total. The Hall–Kier alpha value is -1.85. The first-order chi connectivity index (χ1) is 9.72. The Kier molecular flexibility index (Phi) is 3.71. The monoisotopic (exact) mass is 275 g/mol. The van der Waals surface area contributed by atoms with Crippen molar-refractivity contribution in [1.82, 2.24) is 20.2 Å². The van der Waals surface area contributed by atoms with Gasteiger partial charge in [-0.3, -0.25) is 0 Å². The Morgan fingerprint density at radius 1 is 1.35 bits per heavy atom. The summed E-state index contributed by atoms with van der Waals surface area (Å²) in [5.74, 6) is 0.309. The number of carbonyl (C=O) groups is 1. The van der Waals surface area contributed by atoms with E-state index in [0.29, 0.717) is 25.1 Å². The summed E-state index contributed by atoms with van der Waals surface area (Å²) in [6.45, 7) is 1.27. The van der Waals surface area contributed by atoms with Crippen LogP contribution in [0.5, 0.6) is 0 Å². The number of hydrogen-bond donors (Lipinski definition) is 2. The number of amides is 2. The molecule has 0 radical (unpaired) electrons. The molecule has 3 rings (SSSR count). The molecule has 1 aliphatic carbocycles. The van der Waals surface area contributed by atoms with E-state index in [-0.39, 0.29) is 6.03 Å². The van der Waals surface area contributed by atoms with Crippen molar-refractivity contribution in [3.63, 3.8) is 0 Å². The number of carbonyl (C=O) groups excluding carboxylic acids is 1. The van der Waals surface area contributed by atoms with Gasteiger partial charge in [-0.05, 0) is 12.8 Å². The fourth-order valence-electron chi connectivity index (χ4n) is 3.02. The molecule has 0 saturated heterocycles. The number of nitrogens with zero attached hydrogens (tertiary/aromatic N) is 3. The van der Waals surface area contributed by atoms with Crippen molar-refractivity contribution in [3.05, 3.63) is 17.5 Å². The van der Waals surface area contributed by atoms with Crippen LogP contribution >= 0.6 is 0 Å². The standard InChI is InChI=1S/C14H21N5O/c15-13-16-8-10-9-19(7-6-12(10)18-13)14(20)17-11-4-2-1-3-5-11/h8,11H,1-7,9H2,(H,17,20)(H2,15,16,18). The van der Waals surface area contributed by atoms with Crippen LogP contribution in [-0.2, 0) is 13.0 Å². The van der Waals surface area contributed by atoms with Crippen LogP contribution in [0.15, 0.2) is 6.20 Å². The summed E-state index contributed by atoms with van der Waals surface area (Å²) < 4.78 is 0. The molecule has 1 saturated carbocycles. The summed E-state index contributed by atoms with van der Waals surface area (Å²) in [6, 6.07) is 0.389. The highest BCUT2D eigenvalue weighted by Crippen LogP contribution is 2.20. The predicted octanol–water partition coefficient (Wildman–Crippen LogP) is 1.46. The molecule has 1 aromatic rings. The summed E-state index contributed by atoms with van der Waals surface area (Å²) in [5.41, 5.74) is 7.56. The summed E-state index contributed by atoms with van der Waals surface area (Å²) >= 11 is 0. The maximum absolute atomic E-state index is 12.3. The number of rotatable bonds is 1. The first kappa shape index (κ1) is 13.1. The molecule has 0 unspecified atom stereocenters. The number of aromatic nitrogens is 2. The van der Waals surface area contributed by atoms with Gasteiger partial charge in [-0.1, -0.05) is 19.3 Å². The van der Waals surface area contributed by atoms with E-state index >= 15 is 0 Å². The Morgan fingerprint density at radius 3 is 2.95 bits per heavy atom. The van der Waals surface area contributed by atoms with Gasteiger partial charge in [-0.2, -0.15) is 0 Å². The molecule has 1 aliphatic heterocycles. The highest BCUT2D eigenvalue weighted by atomic mass is 16.2. The van der Waals surface area contributed by atoms with E-state index in [9.17, 15) is 4.79 Å². The molecule has 6 nitrogen and oxygen atoms in total. The number of anilines is 1. The summed E-state index contributed by atoms with van der Waals surface area (Å²) in [5, 5.41) is 3.15. The van der Waals surface area contributed by atoms with E-state index in [1.165, 1.54) is 19.3 Å². The number of nitrogens with two attached hydrogens (primary N) is 1. The van der Waals surface area contributed by atoms with Gasteiger partial charge in [0.2, 0.25) is 5.95 Å². The lowest BCUT2D eigenvalue weighted by molar-refractivity contribution is 0.184. The largest absolute Gasteiger partial charge is 0.368 e. The van der Waals surface area contributed by atoms with E-state index in [0.717, 1.165) is 30.5 Å². The third-order valence-corrected chi connectivity index (χ3v) is 4.17. The minimum Gasteiger partial charge on any atom is -0.368 e. The lowest BCUT2D eigenvalue weighted by atomic mass is 9.96. The number of fused-ring (bicyclic) bond motifs is 1. The van der Waals surface area contributed by atoms with E-state index < -0.39 is 0 Å². The quantitative estimate of drug-likeness (QED) is 0.812. The summed E-state index contributed by atoms with van der Waals surface area (Å²) in [7, 11) is 0. The molecular formula is C14H21N5O. The summed E-state index contributed by atoms with van der Waals surface area (Å²) in [6.07, 6.45) is 8.44. The van der Waals surface area contributed by atoms with Gasteiger partial charge in [0.15, 0.2) is 0 Å². The van der Waals surface area contributed by atoms with Crippen molar-refractivity contribution >= 4 is 12.0 Å². The van der Waals surface area contributed by atoms with Crippen molar-refractivity contribution in [2.24, 2.45) is 0 Å². The first-order valence-corrected chi connectivity index (χ1v) is 7.38. The molecule has 2 aliphatic rings. The fraction of sp³-hybridized carbons (Fsp3) is 0.643. The van der Waals surface area contributed by atoms with Gasteiger partial charge < -0.3 is 16.0 Å². The molecule has 0 spiro atoms. The molecular weight excluding hydrogens is 254 g/mol. The van der Waals surface area contributed by atoms with Gasteiger partial charge in [-0.25, -0.2) is 14.8 Å². The number of nitrogens with one attached hydrogen (secondary N) is 1. The van der Waals surface area contributed by atoms with Crippen LogP contribution in [0.3, 0.4) is 0 Å². The smallest absolute Gasteiger partial charge is 0.317 e. The Bertz CT molecular complexity index is 498. The fourth-order valence-corrected chi connectivity index (χ4v) is 3.02. The number of nitrogen functional groups attached to an aromatic ring is 1. The van der Waals surface area contributed by atoms with E-state index in [1.807, 2.05) is 4.90 Å². The lowest BCUT2D eigenvalue weighted by Gasteiger charge is -2.31. The van der Waals surface area contributed by atoms with Crippen LogP contribution < -0.4 is 11.1 Å². The third kappa shape index (κ3) is 2.84. The van der Waals surface area contributed by atoms with Gasteiger partial charge in [-0.15, -0.1) is 0 Å². The average Bonchev–Trinajstić information content (AvgIpc) is 2.47. The van der Waals surface area contributed by atoms with Gasteiger partial charge in [0.25, 0.3) is 0 Å². The minimum atomic E-state index is 0.0411. The van der Waals surface area contributed by atoms with Crippen molar-refractivity contribution < 1.29 is 4.79 Å². The zero-order valence-electron chi connectivity index (χ0n) is 11.6. The molecule has 2 heterocycles. The molecule has 0 atom stereocenters. The van der Waals surface area contributed by atoms with Gasteiger partial charge in [0.1, 0.15) is 0 Å². The van der Waals surface area contributed by atoms with Crippen LogP contribution in [0.2, 0.25) is 0 Å². The summed E-state index contributed by atoms with van der Waals surface area (Å²) in [4.78, 5) is 22.4. The molecule has 6 heteroatoms. The molecule has 0 bridgehead atoms. The lowest BCUT2D eigenvalue weighted by Crippen LogP contribution is -2.47. The second kappa shape index (κ2) is 5.64. The second-order valence-electron chi connectivity index (χ2n) is 5.66. The second-order valence-corrected chi connectivity index (χ2v) is 5.66. The zero-order chi connectivity index (χ0) is 13.9. The van der Waals surface area contributed by atoms with Crippen LogP contribution in [0, 0.1) is 0 Å². The van der Waals surface area contributed by atoms with Crippen molar-refractivity contribution in [2.45, 2.75) is 51.1 Å². The van der Waals surface area contributed by atoms with E-state index in [1.54, 1.807) is 6.20 Å². The van der Waals surface area contributed by atoms with Crippen molar-refractivity contribution in [2.75, 3.05) is 12.3 Å². The van der Waals surface area contributed by atoms with Crippen LogP contribution in [-0.4, -0.2) is 33.5 Å². The van der Waals surface area contributed by atoms with Crippen molar-refractivity contribution in [1.29, 1.82) is 0 Å². The maximum atomic E-state index is 12.3. The minimum absolute atomic E-state index is 0.0411. The highest BCUT2D eigenvalue weighted by Gasteiger charge is 2.24. The normalized spacial score (nSPS) is 19.5. The molecule has 108 valence electrons. The van der Waals surface area contributed by atoms with Gasteiger partial charge in [0.05, 0.1) is 12.2 Å². The maximum Gasteiger partial charge on any atom is 0.317 e. The first-order valence-electron chi connectivity index (χ1n) is 7.38. The van der Waals surface area contributed by atoms with Gasteiger partial charge in [0, 0.05) is 30.8 Å². The van der Waals surface area contributed by atoms with Crippen LogP contribution in [0.1, 0.15) is 43.4 Å². The molecule has 1 fully saturated rings. The van der Waals surface area contributed by atoms with Crippen LogP contribution in [0.4, 0.5) is 10.7 Å². The Balaban J connectivity index is 1.61. The molecule has 20 heavy (non-hydrogen) atoms. The average molecular weight is 275 g/mol.